The zero-order valence-corrected chi connectivity index (χ0v) is 10.8. The van der Waals surface area contributed by atoms with Crippen molar-refractivity contribution in [1.82, 2.24) is 10.0 Å². The molecule has 3 N–H and O–H groups in total. The molecule has 0 saturated heterocycles. The minimum Gasteiger partial charge on any atom is -0.492 e. The lowest BCUT2D eigenvalue weighted by atomic mass is 10.1. The Balaban J connectivity index is 2.43. The highest BCUT2D eigenvalue weighted by Crippen LogP contribution is 2.18. The van der Waals surface area contributed by atoms with E-state index in [9.17, 15) is 19.8 Å². The SMILES string of the molecule is CC(C)(C)NC(=O)OCC(=O)On1c(O)ccc1O. The van der Waals surface area contributed by atoms with Crippen molar-refractivity contribution in [3.63, 3.8) is 0 Å². The summed E-state index contributed by atoms with van der Waals surface area (Å²) < 4.78 is 5.11. The van der Waals surface area contributed by atoms with Crippen molar-refractivity contribution < 1.29 is 29.4 Å². The van der Waals surface area contributed by atoms with E-state index >= 15 is 0 Å². The van der Waals surface area contributed by atoms with E-state index in [1.807, 2.05) is 0 Å². The van der Waals surface area contributed by atoms with Crippen LogP contribution in [0.25, 0.3) is 0 Å². The first-order chi connectivity index (χ1) is 8.69. The highest BCUT2D eigenvalue weighted by Gasteiger charge is 2.17. The number of nitrogens with one attached hydrogen (secondary N) is 1. The van der Waals surface area contributed by atoms with Crippen LogP contribution in [0.5, 0.6) is 11.8 Å². The van der Waals surface area contributed by atoms with E-state index < -0.39 is 36.0 Å². The van der Waals surface area contributed by atoms with E-state index in [2.05, 4.69) is 14.9 Å². The van der Waals surface area contributed by atoms with Crippen LogP contribution in [0.3, 0.4) is 0 Å². The summed E-state index contributed by atoms with van der Waals surface area (Å²) in [5.41, 5.74) is -0.488. The number of alkyl carbamates (subject to hydrolysis) is 1. The Morgan fingerprint density at radius 2 is 1.79 bits per heavy atom. The van der Waals surface area contributed by atoms with Crippen molar-refractivity contribution in [1.29, 1.82) is 0 Å². The van der Waals surface area contributed by atoms with Crippen LogP contribution >= 0.6 is 0 Å². The topological polar surface area (TPSA) is 110 Å². The molecule has 8 nitrogen and oxygen atoms in total. The van der Waals surface area contributed by atoms with Crippen LogP contribution in [0.15, 0.2) is 12.1 Å². The van der Waals surface area contributed by atoms with Gasteiger partial charge in [-0.25, -0.2) is 9.59 Å². The first kappa shape index (κ1) is 14.7. The number of hydrogen-bond donors (Lipinski definition) is 3. The van der Waals surface area contributed by atoms with Gasteiger partial charge in [-0.2, -0.15) is 0 Å². The van der Waals surface area contributed by atoms with Crippen LogP contribution in [0, 0.1) is 0 Å². The molecule has 1 rings (SSSR count). The second-order valence-corrected chi connectivity index (χ2v) is 4.76. The predicted octanol–water partition coefficient (Wildman–Crippen LogP) is 0.379. The normalized spacial score (nSPS) is 10.9. The van der Waals surface area contributed by atoms with Crippen molar-refractivity contribution in [2.75, 3.05) is 6.61 Å². The van der Waals surface area contributed by atoms with Crippen LogP contribution in [-0.4, -0.2) is 39.2 Å². The van der Waals surface area contributed by atoms with Crippen molar-refractivity contribution in [3.8, 4) is 11.8 Å². The smallest absolute Gasteiger partial charge is 0.408 e. The molecule has 0 spiro atoms. The third-order valence-corrected chi connectivity index (χ3v) is 1.79. The molecule has 0 bridgehead atoms. The Morgan fingerprint density at radius 3 is 2.26 bits per heavy atom. The molecule has 0 aliphatic rings. The summed E-state index contributed by atoms with van der Waals surface area (Å²) >= 11 is 0. The summed E-state index contributed by atoms with van der Waals surface area (Å²) in [6.45, 7) is 4.60. The first-order valence-corrected chi connectivity index (χ1v) is 5.45. The second kappa shape index (κ2) is 5.51. The van der Waals surface area contributed by atoms with Gasteiger partial charge in [0.1, 0.15) is 0 Å². The molecule has 106 valence electrons. The maximum absolute atomic E-state index is 11.3. The number of carbonyl (C=O) groups is 2. The standard InChI is InChI=1S/C11H16N2O6/c1-11(2,3)12-10(17)18-6-9(16)19-13-7(14)4-5-8(13)15/h4-5,14-15H,6H2,1-3H3,(H,12,17). The molecule has 0 aromatic carbocycles. The van der Waals surface area contributed by atoms with Gasteiger partial charge in [0.25, 0.3) is 0 Å². The number of carbonyl (C=O) groups excluding carboxylic acids is 2. The van der Waals surface area contributed by atoms with Crippen LogP contribution < -0.4 is 10.2 Å². The molecule has 0 fully saturated rings. The fraction of sp³-hybridized carbons (Fsp3) is 0.455. The van der Waals surface area contributed by atoms with E-state index in [1.165, 1.54) is 0 Å². The fourth-order valence-electron chi connectivity index (χ4n) is 1.09. The number of aromatic hydroxyl groups is 2. The molecule has 1 heterocycles. The number of rotatable bonds is 3. The van der Waals surface area contributed by atoms with Crippen LogP contribution in [-0.2, 0) is 9.53 Å². The minimum atomic E-state index is -0.953. The molecule has 0 aliphatic heterocycles. The third-order valence-electron chi connectivity index (χ3n) is 1.79. The summed E-state index contributed by atoms with van der Waals surface area (Å²) in [4.78, 5) is 27.1. The summed E-state index contributed by atoms with van der Waals surface area (Å²) in [5.74, 6) is -1.86. The molecular weight excluding hydrogens is 256 g/mol. The summed E-state index contributed by atoms with van der Waals surface area (Å²) in [5, 5.41) is 20.9. The van der Waals surface area contributed by atoms with Gasteiger partial charge in [0.2, 0.25) is 11.8 Å². The quantitative estimate of drug-likeness (QED) is 0.733. The molecule has 0 radical (unpaired) electrons. The zero-order valence-electron chi connectivity index (χ0n) is 10.8. The second-order valence-electron chi connectivity index (χ2n) is 4.76. The van der Waals surface area contributed by atoms with Gasteiger partial charge in [-0.15, -0.1) is 4.73 Å². The molecular formula is C11H16N2O6. The molecule has 0 atom stereocenters. The minimum absolute atomic E-state index is 0.454. The maximum Gasteiger partial charge on any atom is 0.408 e. The van der Waals surface area contributed by atoms with Crippen LogP contribution in [0.1, 0.15) is 20.8 Å². The zero-order chi connectivity index (χ0) is 14.6. The number of amides is 1. The largest absolute Gasteiger partial charge is 0.492 e. The number of nitrogens with zero attached hydrogens (tertiary/aromatic N) is 1. The van der Waals surface area contributed by atoms with Crippen molar-refractivity contribution in [3.05, 3.63) is 12.1 Å². The van der Waals surface area contributed by atoms with E-state index in [0.717, 1.165) is 12.1 Å². The van der Waals surface area contributed by atoms with Gasteiger partial charge in [-0.3, -0.25) is 0 Å². The molecule has 0 saturated carbocycles. The van der Waals surface area contributed by atoms with E-state index in [0.29, 0.717) is 4.73 Å². The first-order valence-electron chi connectivity index (χ1n) is 5.45. The Hall–Kier alpha value is -2.38. The highest BCUT2D eigenvalue weighted by atomic mass is 16.7. The van der Waals surface area contributed by atoms with Gasteiger partial charge < -0.3 is 25.1 Å². The predicted molar refractivity (Wildman–Crippen MR) is 63.6 cm³/mol. The van der Waals surface area contributed by atoms with Gasteiger partial charge in [0.15, 0.2) is 6.61 Å². The molecule has 1 amide bonds. The van der Waals surface area contributed by atoms with Crippen LogP contribution in [0.4, 0.5) is 4.79 Å². The Morgan fingerprint density at radius 1 is 1.26 bits per heavy atom. The van der Waals surface area contributed by atoms with E-state index in [-0.39, 0.29) is 0 Å². The number of aromatic nitrogens is 1. The van der Waals surface area contributed by atoms with Gasteiger partial charge >= 0.3 is 12.1 Å². The van der Waals surface area contributed by atoms with Crippen LogP contribution in [0.2, 0.25) is 0 Å². The van der Waals surface area contributed by atoms with Crippen molar-refractivity contribution in [2.24, 2.45) is 0 Å². The summed E-state index contributed by atoms with van der Waals surface area (Å²) in [6, 6.07) is 2.27. The Labute approximate surface area is 109 Å². The van der Waals surface area contributed by atoms with Gasteiger partial charge in [0.05, 0.1) is 0 Å². The lowest BCUT2D eigenvalue weighted by Crippen LogP contribution is -2.41. The third kappa shape index (κ3) is 4.78. The lowest BCUT2D eigenvalue weighted by Gasteiger charge is -2.19. The molecule has 8 heteroatoms. The van der Waals surface area contributed by atoms with Gasteiger partial charge in [-0.05, 0) is 20.8 Å². The molecule has 19 heavy (non-hydrogen) atoms. The summed E-state index contributed by atoms with van der Waals surface area (Å²) in [6.07, 6.45) is -0.773. The molecule has 0 aliphatic carbocycles. The molecule has 0 unspecified atom stereocenters. The monoisotopic (exact) mass is 272 g/mol. The van der Waals surface area contributed by atoms with Gasteiger partial charge in [0, 0.05) is 17.7 Å². The molecule has 1 aromatic rings. The van der Waals surface area contributed by atoms with E-state index in [1.54, 1.807) is 20.8 Å². The Kier molecular flexibility index (Phi) is 4.26. The lowest BCUT2D eigenvalue weighted by molar-refractivity contribution is -0.148. The number of ether oxygens (including phenoxy) is 1. The average molecular weight is 272 g/mol. The molecule has 1 aromatic heterocycles. The fourth-order valence-corrected chi connectivity index (χ4v) is 1.09. The maximum atomic E-state index is 11.3. The van der Waals surface area contributed by atoms with E-state index in [4.69, 9.17) is 0 Å². The Bertz CT molecular complexity index is 455. The average Bonchev–Trinajstić information content (AvgIpc) is 2.56. The van der Waals surface area contributed by atoms with Crippen molar-refractivity contribution in [2.45, 2.75) is 26.3 Å². The number of hydrogen-bond acceptors (Lipinski definition) is 6. The van der Waals surface area contributed by atoms with Crippen molar-refractivity contribution >= 4 is 12.1 Å². The van der Waals surface area contributed by atoms with Gasteiger partial charge in [-0.1, -0.05) is 0 Å². The highest BCUT2D eigenvalue weighted by molar-refractivity contribution is 5.76. The summed E-state index contributed by atoms with van der Waals surface area (Å²) in [7, 11) is 0.